The molecule has 1 heterocycles. The first-order valence-electron chi connectivity index (χ1n) is 14.3. The third kappa shape index (κ3) is 7.31. The van der Waals surface area contributed by atoms with Crippen LogP contribution in [0.3, 0.4) is 0 Å². The van der Waals surface area contributed by atoms with E-state index in [9.17, 15) is 9.90 Å². The molecule has 1 aliphatic carbocycles. The lowest BCUT2D eigenvalue weighted by Crippen LogP contribution is -2.47. The van der Waals surface area contributed by atoms with Crippen LogP contribution in [0.1, 0.15) is 105 Å². The van der Waals surface area contributed by atoms with Crippen LogP contribution in [-0.4, -0.2) is 38.8 Å². The Kier molecular flexibility index (Phi) is 10.5. The van der Waals surface area contributed by atoms with Crippen LogP contribution in [0.25, 0.3) is 16.7 Å². The van der Waals surface area contributed by atoms with Crippen LogP contribution in [0.4, 0.5) is 0 Å². The Balaban J connectivity index is 1.78. The number of ether oxygens (including phenoxy) is 1. The van der Waals surface area contributed by atoms with Gasteiger partial charge in [0.25, 0.3) is 0 Å². The molecule has 1 aliphatic rings. The van der Waals surface area contributed by atoms with Crippen molar-refractivity contribution in [2.24, 2.45) is 10.8 Å². The summed E-state index contributed by atoms with van der Waals surface area (Å²) in [5, 5.41) is 21.2. The van der Waals surface area contributed by atoms with E-state index in [0.29, 0.717) is 25.1 Å². The van der Waals surface area contributed by atoms with Gasteiger partial charge in [0.1, 0.15) is 17.1 Å². The minimum Gasteiger partial charge on any atom is -0.466 e. The molecule has 6 nitrogen and oxygen atoms in total. The second-order valence-electron chi connectivity index (χ2n) is 11.6. The summed E-state index contributed by atoms with van der Waals surface area (Å²) in [4.78, 5) is 14.1. The van der Waals surface area contributed by atoms with Gasteiger partial charge in [0.2, 0.25) is 0 Å². The molecule has 0 spiro atoms. The van der Waals surface area contributed by atoms with Crippen LogP contribution in [0.2, 0.25) is 0 Å². The third-order valence-corrected chi connectivity index (χ3v) is 7.78. The zero-order valence-corrected chi connectivity index (χ0v) is 23.6. The topological polar surface area (TPSA) is 77.2 Å². The summed E-state index contributed by atoms with van der Waals surface area (Å²) in [6, 6.07) is 7.74. The Hall–Kier alpha value is -2.47. The van der Waals surface area contributed by atoms with Crippen molar-refractivity contribution in [2.45, 2.75) is 111 Å². The SMILES string of the molecule is CCCCCCCCOC(=O)CCC1=CC(CCCC)(C(C)(C)C)C(O)C(n2nc3ccccc3n2)=C1. The molecule has 2 aromatic rings. The van der Waals surface area contributed by atoms with E-state index in [-0.39, 0.29) is 11.4 Å². The number of hydrogen-bond donors (Lipinski definition) is 1. The summed E-state index contributed by atoms with van der Waals surface area (Å²) in [6.07, 6.45) is 14.2. The van der Waals surface area contributed by atoms with Gasteiger partial charge in [-0.1, -0.05) is 97.8 Å². The molecule has 37 heavy (non-hydrogen) atoms. The predicted molar refractivity (Wildman–Crippen MR) is 151 cm³/mol. The van der Waals surface area contributed by atoms with Gasteiger partial charge in [-0.05, 0) is 48.5 Å². The highest BCUT2D eigenvalue weighted by Gasteiger charge is 2.49. The van der Waals surface area contributed by atoms with Gasteiger partial charge < -0.3 is 9.84 Å². The number of nitrogens with zero attached hydrogens (tertiary/aromatic N) is 3. The first-order chi connectivity index (χ1) is 17.7. The molecule has 0 bridgehead atoms. The second-order valence-corrected chi connectivity index (χ2v) is 11.6. The van der Waals surface area contributed by atoms with E-state index in [4.69, 9.17) is 4.74 Å². The molecular weight excluding hydrogens is 462 g/mol. The normalized spacial score (nSPS) is 20.1. The van der Waals surface area contributed by atoms with Gasteiger partial charge in [-0.2, -0.15) is 4.80 Å². The maximum atomic E-state index is 12.5. The van der Waals surface area contributed by atoms with E-state index >= 15 is 0 Å². The molecule has 2 atom stereocenters. The average Bonchev–Trinajstić information content (AvgIpc) is 3.30. The molecule has 204 valence electrons. The average molecular weight is 510 g/mol. The van der Waals surface area contributed by atoms with Gasteiger partial charge in [-0.25, -0.2) is 0 Å². The van der Waals surface area contributed by atoms with Crippen molar-refractivity contribution in [3.8, 4) is 0 Å². The molecule has 0 aliphatic heterocycles. The molecule has 1 aromatic carbocycles. The fraction of sp³-hybridized carbons (Fsp3) is 0.645. The standard InChI is InChI=1S/C31H47N3O3/c1-6-8-10-11-12-15-21-37-28(35)19-18-24-22-27(34-32-25-16-13-14-17-26(25)33-34)29(36)31(23-24,20-9-7-2)30(3,4)5/h13-14,16-17,22-23,29,36H,6-12,15,18-21H2,1-5H3. The van der Waals surface area contributed by atoms with Crippen LogP contribution in [-0.2, 0) is 9.53 Å². The number of benzene rings is 1. The molecule has 0 fully saturated rings. The van der Waals surface area contributed by atoms with Crippen LogP contribution in [0, 0.1) is 10.8 Å². The third-order valence-electron chi connectivity index (χ3n) is 7.78. The number of unbranched alkanes of at least 4 members (excludes halogenated alkanes) is 6. The van der Waals surface area contributed by atoms with Crippen molar-refractivity contribution in [1.29, 1.82) is 0 Å². The highest BCUT2D eigenvalue weighted by atomic mass is 16.5. The number of carbonyl (C=O) groups excluding carboxylic acids is 1. The number of esters is 1. The summed E-state index contributed by atoms with van der Waals surface area (Å²) in [5.74, 6) is -0.159. The Morgan fingerprint density at radius 2 is 1.62 bits per heavy atom. The van der Waals surface area contributed by atoms with Gasteiger partial charge in [-0.3, -0.25) is 4.79 Å². The highest BCUT2D eigenvalue weighted by Crippen LogP contribution is 2.52. The Morgan fingerprint density at radius 1 is 1.00 bits per heavy atom. The first kappa shape index (κ1) is 29.1. The van der Waals surface area contributed by atoms with Gasteiger partial charge in [0, 0.05) is 11.8 Å². The number of allylic oxidation sites excluding steroid dienone is 2. The quantitative estimate of drug-likeness (QED) is 0.211. The summed E-state index contributed by atoms with van der Waals surface area (Å²) >= 11 is 0. The summed E-state index contributed by atoms with van der Waals surface area (Å²) in [5.41, 5.74) is 2.58. The van der Waals surface area contributed by atoms with E-state index in [1.54, 1.807) is 4.80 Å². The van der Waals surface area contributed by atoms with Crippen molar-refractivity contribution in [1.82, 2.24) is 15.0 Å². The number of carbonyl (C=O) groups is 1. The minimum atomic E-state index is -0.760. The zero-order chi connectivity index (χ0) is 26.9. The molecule has 3 rings (SSSR count). The number of aromatic nitrogens is 3. The van der Waals surface area contributed by atoms with E-state index < -0.39 is 11.5 Å². The molecule has 1 N–H and O–H groups in total. The monoisotopic (exact) mass is 509 g/mol. The lowest BCUT2D eigenvalue weighted by Gasteiger charge is -2.49. The van der Waals surface area contributed by atoms with E-state index in [1.165, 1.54) is 25.7 Å². The smallest absolute Gasteiger partial charge is 0.306 e. The lowest BCUT2D eigenvalue weighted by molar-refractivity contribution is -0.143. The van der Waals surface area contributed by atoms with E-state index in [1.807, 2.05) is 30.3 Å². The molecule has 0 saturated heterocycles. The van der Waals surface area contributed by atoms with Crippen LogP contribution in [0.5, 0.6) is 0 Å². The van der Waals surface area contributed by atoms with Crippen LogP contribution in [0.15, 0.2) is 42.0 Å². The van der Waals surface area contributed by atoms with Gasteiger partial charge in [-0.15, -0.1) is 10.2 Å². The van der Waals surface area contributed by atoms with E-state index in [2.05, 4.69) is 50.9 Å². The first-order valence-corrected chi connectivity index (χ1v) is 14.3. The van der Waals surface area contributed by atoms with E-state index in [0.717, 1.165) is 48.7 Å². The van der Waals surface area contributed by atoms with Gasteiger partial charge in [0.15, 0.2) is 0 Å². The molecule has 0 amide bonds. The number of fused-ring (bicyclic) bond motifs is 1. The Labute approximate surface area is 223 Å². The van der Waals surface area contributed by atoms with Crippen LogP contribution < -0.4 is 0 Å². The zero-order valence-electron chi connectivity index (χ0n) is 23.6. The molecule has 0 saturated carbocycles. The van der Waals surface area contributed by atoms with Crippen molar-refractivity contribution in [3.05, 3.63) is 42.0 Å². The number of hydrogen-bond acceptors (Lipinski definition) is 5. The highest BCUT2D eigenvalue weighted by molar-refractivity contribution is 5.75. The van der Waals surface area contributed by atoms with Crippen molar-refractivity contribution >= 4 is 22.7 Å². The van der Waals surface area contributed by atoms with Crippen molar-refractivity contribution in [2.75, 3.05) is 6.61 Å². The Bertz CT molecular complexity index is 1050. The molecule has 6 heteroatoms. The maximum Gasteiger partial charge on any atom is 0.306 e. The number of aliphatic hydroxyl groups excluding tert-OH is 1. The summed E-state index contributed by atoms with van der Waals surface area (Å²) in [6.45, 7) is 11.4. The number of aliphatic hydroxyl groups is 1. The largest absolute Gasteiger partial charge is 0.466 e. The molecule has 1 aromatic heterocycles. The fourth-order valence-electron chi connectivity index (χ4n) is 5.34. The summed E-state index contributed by atoms with van der Waals surface area (Å²) in [7, 11) is 0. The molecule has 0 radical (unpaired) electrons. The number of rotatable bonds is 14. The van der Waals surface area contributed by atoms with Crippen LogP contribution >= 0.6 is 0 Å². The second kappa shape index (κ2) is 13.4. The van der Waals surface area contributed by atoms with Gasteiger partial charge >= 0.3 is 5.97 Å². The predicted octanol–water partition coefficient (Wildman–Crippen LogP) is 7.48. The minimum absolute atomic E-state index is 0.159. The van der Waals surface area contributed by atoms with Crippen molar-refractivity contribution in [3.63, 3.8) is 0 Å². The molecule has 2 unspecified atom stereocenters. The summed E-state index contributed by atoms with van der Waals surface area (Å²) < 4.78 is 5.53. The lowest BCUT2D eigenvalue weighted by atomic mass is 9.58. The fourth-order valence-corrected chi connectivity index (χ4v) is 5.34. The maximum absolute atomic E-state index is 12.5. The van der Waals surface area contributed by atoms with Gasteiger partial charge in [0.05, 0.1) is 12.3 Å². The Morgan fingerprint density at radius 3 is 2.24 bits per heavy atom. The molecular formula is C31H47N3O3. The van der Waals surface area contributed by atoms with Crippen molar-refractivity contribution < 1.29 is 14.6 Å².